The third-order valence-corrected chi connectivity index (χ3v) is 10.5. The van der Waals surface area contributed by atoms with Crippen LogP contribution < -0.4 is 25.0 Å². The second kappa shape index (κ2) is 11.3. The highest BCUT2D eigenvalue weighted by molar-refractivity contribution is 8.00. The summed E-state index contributed by atoms with van der Waals surface area (Å²) in [4.78, 5) is 56.5. The van der Waals surface area contributed by atoms with Crippen LogP contribution in [0.15, 0.2) is 87.5 Å². The van der Waals surface area contributed by atoms with Gasteiger partial charge in [-0.2, -0.15) is 0 Å². The Morgan fingerprint density at radius 3 is 2.44 bits per heavy atom. The number of sulfonamides is 1. The number of aromatic amines is 1. The number of thiazole rings is 1. The molecule has 3 amide bonds. The molecule has 15 heteroatoms. The van der Waals surface area contributed by atoms with Crippen LogP contribution in [0.3, 0.4) is 0 Å². The van der Waals surface area contributed by atoms with Gasteiger partial charge in [0.2, 0.25) is 21.8 Å². The number of primary sulfonamides is 1. The van der Waals surface area contributed by atoms with Gasteiger partial charge in [-0.1, -0.05) is 46.8 Å². The average molecular weight is 657 g/mol. The predicted octanol–water partition coefficient (Wildman–Crippen LogP) is 3.55. The first kappa shape index (κ1) is 29.1. The molecule has 3 unspecified atom stereocenters. The van der Waals surface area contributed by atoms with Crippen LogP contribution in [0.4, 0.5) is 11.4 Å². The maximum Gasteiger partial charge on any atom is 0.305 e. The first-order valence-corrected chi connectivity index (χ1v) is 16.3. The van der Waals surface area contributed by atoms with Crippen molar-refractivity contribution in [3.63, 3.8) is 0 Å². The smallest absolute Gasteiger partial charge is 0.305 e. The van der Waals surface area contributed by atoms with Crippen LogP contribution in [0.2, 0.25) is 5.02 Å². The minimum absolute atomic E-state index is 0.0868. The first-order chi connectivity index (χ1) is 20.5. The number of carbonyl (C=O) groups is 3. The highest BCUT2D eigenvalue weighted by Crippen LogP contribution is 2.53. The zero-order valence-corrected chi connectivity index (χ0v) is 25.1. The van der Waals surface area contributed by atoms with Crippen LogP contribution in [-0.2, 0) is 24.4 Å². The number of amides is 3. The van der Waals surface area contributed by atoms with E-state index in [1.807, 2.05) is 0 Å². The van der Waals surface area contributed by atoms with Crippen LogP contribution in [-0.4, -0.2) is 43.0 Å². The number of halogens is 1. The molecule has 3 atom stereocenters. The number of anilines is 2. The number of aromatic nitrogens is 1. The Hall–Kier alpha value is -3.95. The van der Waals surface area contributed by atoms with E-state index in [2.05, 4.69) is 10.3 Å². The molecule has 3 aromatic carbocycles. The van der Waals surface area contributed by atoms with Crippen LogP contribution >= 0.6 is 34.7 Å². The summed E-state index contributed by atoms with van der Waals surface area (Å²) in [6, 6.07) is 18.6. The summed E-state index contributed by atoms with van der Waals surface area (Å²) in [5.41, 5.74) is 1.40. The van der Waals surface area contributed by atoms with Gasteiger partial charge in [-0.05, 0) is 66.2 Å². The molecule has 0 saturated carbocycles. The summed E-state index contributed by atoms with van der Waals surface area (Å²) in [6.07, 6.45) is 0. The Bertz CT molecular complexity index is 1920. The molecule has 43 heavy (non-hydrogen) atoms. The lowest BCUT2D eigenvalue weighted by Gasteiger charge is -2.30. The third-order valence-electron chi connectivity index (χ3n) is 6.96. The van der Waals surface area contributed by atoms with Gasteiger partial charge in [-0.15, -0.1) is 0 Å². The summed E-state index contributed by atoms with van der Waals surface area (Å²) >= 11 is 8.18. The Morgan fingerprint density at radius 2 is 1.74 bits per heavy atom. The molecule has 0 bridgehead atoms. The van der Waals surface area contributed by atoms with Crippen LogP contribution in [0, 0.1) is 5.92 Å². The van der Waals surface area contributed by atoms with E-state index in [9.17, 15) is 27.6 Å². The lowest BCUT2D eigenvalue weighted by molar-refractivity contribution is -0.122. The first-order valence-electron chi connectivity index (χ1n) is 12.7. The van der Waals surface area contributed by atoms with E-state index in [1.165, 1.54) is 40.9 Å². The van der Waals surface area contributed by atoms with Crippen LogP contribution in [0.25, 0.3) is 0 Å². The number of rotatable bonds is 7. The molecule has 11 nitrogen and oxygen atoms in total. The number of benzene rings is 3. The van der Waals surface area contributed by atoms with Crippen molar-refractivity contribution in [2.75, 3.05) is 16.8 Å². The summed E-state index contributed by atoms with van der Waals surface area (Å²) in [6.45, 7) is -0.364. The van der Waals surface area contributed by atoms with Crippen molar-refractivity contribution in [3.05, 3.63) is 97.9 Å². The van der Waals surface area contributed by atoms with Crippen molar-refractivity contribution < 1.29 is 27.5 Å². The third kappa shape index (κ3) is 5.71. The number of H-pyrrole nitrogens is 1. The molecule has 3 heterocycles. The standard InChI is InChI=1S/C28H21ClN4O7S3/c29-15-4-8-17(9-5-15)33-26(35)22-21(23-25(32-28(37)42-23)41-24(22)27(33)36)14-2-1-3-18(12-14)40-13-20(34)31-16-6-10-19(11-7-16)43(30,38)39/h1-12,21-22,24H,13H2,(H,31,34)(H,32,37)(H2,30,38,39). The Balaban J connectivity index is 1.24. The SMILES string of the molecule is NS(=O)(=O)c1ccc(NC(=O)COc2cccc(C3c4sc(=O)[nH]c4SC4C(=O)N(c5ccc(Cl)cc5)C(=O)C43)c2)cc1. The maximum atomic E-state index is 13.8. The summed E-state index contributed by atoms with van der Waals surface area (Å²) < 4.78 is 28.6. The van der Waals surface area contributed by atoms with Crippen molar-refractivity contribution in [2.45, 2.75) is 21.1 Å². The van der Waals surface area contributed by atoms with E-state index < -0.39 is 33.0 Å². The van der Waals surface area contributed by atoms with Gasteiger partial charge in [-0.3, -0.25) is 19.2 Å². The average Bonchev–Trinajstić information content (AvgIpc) is 3.46. The number of fused-ring (bicyclic) bond motifs is 2. The fourth-order valence-corrected chi connectivity index (χ4v) is 8.25. The molecule has 6 rings (SSSR count). The zero-order chi connectivity index (χ0) is 30.5. The lowest BCUT2D eigenvalue weighted by atomic mass is 9.83. The van der Waals surface area contributed by atoms with Crippen molar-refractivity contribution in [2.24, 2.45) is 11.1 Å². The molecule has 2 aliphatic rings. The summed E-state index contributed by atoms with van der Waals surface area (Å²) in [7, 11) is -3.86. The second-order valence-electron chi connectivity index (χ2n) is 9.72. The number of nitrogens with two attached hydrogens (primary N) is 1. The van der Waals surface area contributed by atoms with Crippen molar-refractivity contribution in [3.8, 4) is 5.75 Å². The van der Waals surface area contributed by atoms with Gasteiger partial charge >= 0.3 is 4.87 Å². The van der Waals surface area contributed by atoms with Gasteiger partial charge in [-0.25, -0.2) is 18.5 Å². The summed E-state index contributed by atoms with van der Waals surface area (Å²) in [5, 5.41) is 7.96. The van der Waals surface area contributed by atoms with E-state index in [-0.39, 0.29) is 28.2 Å². The number of ether oxygens (including phenoxy) is 1. The van der Waals surface area contributed by atoms with Crippen LogP contribution in [0.5, 0.6) is 5.75 Å². The number of nitrogens with zero attached hydrogens (tertiary/aromatic N) is 1. The fraction of sp³-hybridized carbons (Fsp3) is 0.143. The molecule has 2 aliphatic heterocycles. The lowest BCUT2D eigenvalue weighted by Crippen LogP contribution is -2.32. The normalized spacial score (nSPS) is 19.6. The molecular weight excluding hydrogens is 636 g/mol. The second-order valence-corrected chi connectivity index (χ2v) is 13.9. The summed E-state index contributed by atoms with van der Waals surface area (Å²) in [5.74, 6) is -2.33. The quantitative estimate of drug-likeness (QED) is 0.254. The van der Waals surface area contributed by atoms with Crippen molar-refractivity contribution >= 4 is 73.8 Å². The number of thioether (sulfide) groups is 1. The molecule has 4 aromatic rings. The van der Waals surface area contributed by atoms with E-state index in [0.29, 0.717) is 37.6 Å². The minimum Gasteiger partial charge on any atom is -0.484 e. The molecule has 220 valence electrons. The number of carbonyl (C=O) groups excluding carboxylic acids is 3. The number of hydrogen-bond donors (Lipinski definition) is 3. The number of imide groups is 1. The molecule has 4 N–H and O–H groups in total. The molecule has 1 saturated heterocycles. The molecular formula is C28H21ClN4O7S3. The Labute approximate surface area is 258 Å². The van der Waals surface area contributed by atoms with Gasteiger partial charge in [0.25, 0.3) is 5.91 Å². The highest BCUT2D eigenvalue weighted by atomic mass is 35.5. The van der Waals surface area contributed by atoms with E-state index in [4.69, 9.17) is 21.5 Å². The number of hydrogen-bond acceptors (Lipinski definition) is 9. The monoisotopic (exact) mass is 656 g/mol. The Kier molecular flexibility index (Phi) is 7.64. The van der Waals surface area contributed by atoms with Gasteiger partial charge in [0.15, 0.2) is 6.61 Å². The molecule has 1 fully saturated rings. The molecule has 1 aromatic heterocycles. The topological polar surface area (TPSA) is 169 Å². The van der Waals surface area contributed by atoms with Crippen LogP contribution in [0.1, 0.15) is 16.4 Å². The van der Waals surface area contributed by atoms with E-state index in [1.54, 1.807) is 48.5 Å². The Morgan fingerprint density at radius 1 is 1.02 bits per heavy atom. The maximum absolute atomic E-state index is 13.8. The largest absolute Gasteiger partial charge is 0.484 e. The zero-order valence-electron chi connectivity index (χ0n) is 21.9. The van der Waals surface area contributed by atoms with Gasteiger partial charge < -0.3 is 15.0 Å². The molecule has 0 radical (unpaired) electrons. The molecule has 0 aliphatic carbocycles. The van der Waals surface area contributed by atoms with Gasteiger partial charge in [0.05, 0.1) is 21.5 Å². The predicted molar refractivity (Wildman–Crippen MR) is 162 cm³/mol. The van der Waals surface area contributed by atoms with Crippen molar-refractivity contribution in [1.82, 2.24) is 4.98 Å². The van der Waals surface area contributed by atoms with Crippen molar-refractivity contribution in [1.29, 1.82) is 0 Å². The van der Waals surface area contributed by atoms with E-state index in [0.717, 1.165) is 11.3 Å². The number of nitrogens with one attached hydrogen (secondary N) is 2. The highest BCUT2D eigenvalue weighted by Gasteiger charge is 2.56. The van der Waals surface area contributed by atoms with E-state index >= 15 is 0 Å². The van der Waals surface area contributed by atoms with Gasteiger partial charge in [0.1, 0.15) is 11.0 Å². The fourth-order valence-electron chi connectivity index (χ4n) is 5.09. The molecule has 0 spiro atoms. The van der Waals surface area contributed by atoms with Gasteiger partial charge in [0, 0.05) is 21.5 Å². The minimum atomic E-state index is -3.86.